The molecule has 0 saturated carbocycles. The van der Waals surface area contributed by atoms with Crippen molar-refractivity contribution in [3.63, 3.8) is 0 Å². The van der Waals surface area contributed by atoms with Gasteiger partial charge in [-0.25, -0.2) is 13.4 Å². The molecule has 0 bridgehead atoms. The summed E-state index contributed by atoms with van der Waals surface area (Å²) in [5.41, 5.74) is 0.914. The van der Waals surface area contributed by atoms with Gasteiger partial charge in [0.2, 0.25) is 15.9 Å². The zero-order valence-corrected chi connectivity index (χ0v) is 18.2. The first-order chi connectivity index (χ1) is 15.0. The van der Waals surface area contributed by atoms with Gasteiger partial charge in [-0.2, -0.15) is 4.31 Å². The molecule has 1 aromatic carbocycles. The highest BCUT2D eigenvalue weighted by Gasteiger charge is 2.34. The number of nitrogens with zero attached hydrogens (tertiary/aromatic N) is 2. The Labute approximate surface area is 186 Å². The summed E-state index contributed by atoms with van der Waals surface area (Å²) in [6, 6.07) is 15.8. The van der Waals surface area contributed by atoms with Gasteiger partial charge in [-0.3, -0.25) is 4.79 Å². The normalized spacial score (nSPS) is 16.7. The van der Waals surface area contributed by atoms with Crippen molar-refractivity contribution in [1.82, 2.24) is 14.6 Å². The van der Waals surface area contributed by atoms with E-state index in [1.165, 1.54) is 22.6 Å². The van der Waals surface area contributed by atoms with Gasteiger partial charge in [0.15, 0.2) is 0 Å². The van der Waals surface area contributed by atoms with Crippen LogP contribution in [-0.4, -0.2) is 36.7 Å². The summed E-state index contributed by atoms with van der Waals surface area (Å²) in [5, 5.41) is 3.02. The molecule has 0 aliphatic carbocycles. The number of hydrogen-bond donors (Lipinski definition) is 1. The maximum Gasteiger partial charge on any atom is 0.246 e. The predicted octanol–water partition coefficient (Wildman–Crippen LogP) is 3.63. The lowest BCUT2D eigenvalue weighted by atomic mass is 9.95. The number of rotatable bonds is 6. The fourth-order valence-electron chi connectivity index (χ4n) is 3.74. The van der Waals surface area contributed by atoms with Gasteiger partial charge >= 0.3 is 0 Å². The fraction of sp³-hybridized carbons (Fsp3) is 0.273. The average molecular weight is 460 g/mol. The van der Waals surface area contributed by atoms with E-state index in [9.17, 15) is 13.2 Å². The molecule has 1 aliphatic rings. The Bertz CT molecular complexity index is 1130. The first kappa shape index (κ1) is 21.5. The predicted molar refractivity (Wildman–Crippen MR) is 116 cm³/mol. The van der Waals surface area contributed by atoms with Crippen LogP contribution >= 0.6 is 11.6 Å². The lowest BCUT2D eigenvalue weighted by molar-refractivity contribution is -0.126. The Hall–Kier alpha value is -2.68. The summed E-state index contributed by atoms with van der Waals surface area (Å²) in [6.07, 6.45) is 3.86. The molecule has 1 aliphatic heterocycles. The van der Waals surface area contributed by atoms with E-state index in [1.54, 1.807) is 12.3 Å². The summed E-state index contributed by atoms with van der Waals surface area (Å²) < 4.78 is 32.7. The van der Waals surface area contributed by atoms with Crippen LogP contribution in [0.25, 0.3) is 0 Å². The third-order valence-corrected chi connectivity index (χ3v) is 7.76. The van der Waals surface area contributed by atoms with E-state index >= 15 is 0 Å². The number of sulfonamides is 1. The van der Waals surface area contributed by atoms with Gasteiger partial charge in [0.05, 0.1) is 6.26 Å². The second-order valence-electron chi connectivity index (χ2n) is 7.34. The van der Waals surface area contributed by atoms with Gasteiger partial charge in [0.1, 0.15) is 21.9 Å². The Morgan fingerprint density at radius 1 is 1.10 bits per heavy atom. The van der Waals surface area contributed by atoms with E-state index in [1.807, 2.05) is 36.4 Å². The van der Waals surface area contributed by atoms with Crippen LogP contribution in [0.1, 0.15) is 30.2 Å². The number of hydrogen-bond acceptors (Lipinski definition) is 5. The summed E-state index contributed by atoms with van der Waals surface area (Å²) in [7, 11) is -3.75. The lowest BCUT2D eigenvalue weighted by Gasteiger charge is -2.31. The summed E-state index contributed by atoms with van der Waals surface area (Å²) in [6.45, 7) is 0.477. The van der Waals surface area contributed by atoms with Crippen LogP contribution in [0, 0.1) is 5.92 Å². The Morgan fingerprint density at radius 2 is 1.84 bits per heavy atom. The minimum Gasteiger partial charge on any atom is -0.467 e. The third kappa shape index (κ3) is 4.66. The minimum atomic E-state index is -3.75. The number of carbonyl (C=O) groups excluding carboxylic acids is 1. The fourth-order valence-corrected chi connectivity index (χ4v) is 5.64. The number of pyridine rings is 1. The Morgan fingerprint density at radius 3 is 2.48 bits per heavy atom. The smallest absolute Gasteiger partial charge is 0.246 e. The maximum atomic E-state index is 13.0. The van der Waals surface area contributed by atoms with Gasteiger partial charge in [-0.1, -0.05) is 41.9 Å². The Kier molecular flexibility index (Phi) is 6.41. The van der Waals surface area contributed by atoms with E-state index in [0.717, 1.165) is 5.56 Å². The highest BCUT2D eigenvalue weighted by atomic mass is 35.5. The first-order valence-electron chi connectivity index (χ1n) is 9.96. The summed E-state index contributed by atoms with van der Waals surface area (Å²) in [5.74, 6) is 0.226. The lowest BCUT2D eigenvalue weighted by Crippen LogP contribution is -2.43. The SMILES string of the molecule is O=C(NC(c1ccccc1)c1ccco1)C1CCN(S(=O)(=O)c2cccnc2Cl)CC1. The quantitative estimate of drug-likeness (QED) is 0.568. The van der Waals surface area contributed by atoms with Crippen molar-refractivity contribution in [1.29, 1.82) is 0 Å². The highest BCUT2D eigenvalue weighted by molar-refractivity contribution is 7.89. The van der Waals surface area contributed by atoms with Gasteiger partial charge in [-0.05, 0) is 42.7 Å². The number of amides is 1. The van der Waals surface area contributed by atoms with E-state index < -0.39 is 16.1 Å². The monoisotopic (exact) mass is 459 g/mol. The topological polar surface area (TPSA) is 92.5 Å². The molecular weight excluding hydrogens is 438 g/mol. The Balaban J connectivity index is 1.44. The van der Waals surface area contributed by atoms with Crippen molar-refractivity contribution in [2.45, 2.75) is 23.8 Å². The average Bonchev–Trinajstić information content (AvgIpc) is 3.33. The third-order valence-electron chi connectivity index (χ3n) is 5.41. The molecular formula is C22H22ClN3O4S. The van der Waals surface area contributed by atoms with E-state index in [0.29, 0.717) is 18.6 Å². The van der Waals surface area contributed by atoms with Gasteiger partial charge in [0.25, 0.3) is 0 Å². The van der Waals surface area contributed by atoms with Crippen molar-refractivity contribution in [2.24, 2.45) is 5.92 Å². The second kappa shape index (κ2) is 9.21. The number of benzene rings is 1. The van der Waals surface area contributed by atoms with E-state index in [4.69, 9.17) is 16.0 Å². The van der Waals surface area contributed by atoms with Crippen LogP contribution in [0.2, 0.25) is 5.15 Å². The zero-order chi connectivity index (χ0) is 21.8. The van der Waals surface area contributed by atoms with Gasteiger partial charge in [0, 0.05) is 25.2 Å². The van der Waals surface area contributed by atoms with Crippen LogP contribution in [0.4, 0.5) is 0 Å². The van der Waals surface area contributed by atoms with Crippen LogP contribution < -0.4 is 5.32 Å². The number of carbonyl (C=O) groups is 1. The number of nitrogens with one attached hydrogen (secondary N) is 1. The molecule has 31 heavy (non-hydrogen) atoms. The molecule has 1 N–H and O–H groups in total. The first-order valence-corrected chi connectivity index (χ1v) is 11.8. The molecule has 0 radical (unpaired) electrons. The molecule has 1 saturated heterocycles. The molecule has 1 fully saturated rings. The van der Waals surface area contributed by atoms with E-state index in [2.05, 4.69) is 10.3 Å². The summed E-state index contributed by atoms with van der Waals surface area (Å²) >= 11 is 5.98. The molecule has 0 spiro atoms. The molecule has 9 heteroatoms. The number of halogens is 1. The van der Waals surface area contributed by atoms with Gasteiger partial charge in [-0.15, -0.1) is 0 Å². The molecule has 1 atom stereocenters. The van der Waals surface area contributed by atoms with Crippen molar-refractivity contribution in [3.05, 3.63) is 83.5 Å². The standard InChI is InChI=1S/C22H22ClN3O4S/c23-21-19(9-4-12-24-21)31(28,29)26-13-10-17(11-14-26)22(27)25-20(18-8-5-15-30-18)16-6-2-1-3-7-16/h1-9,12,15,17,20H,10-11,13-14H2,(H,25,27). The molecule has 7 nitrogen and oxygen atoms in total. The van der Waals surface area contributed by atoms with E-state index in [-0.39, 0.29) is 35.0 Å². The maximum absolute atomic E-state index is 13.0. The van der Waals surface area contributed by atoms with Crippen LogP contribution in [0.3, 0.4) is 0 Å². The van der Waals surface area contributed by atoms with Crippen molar-refractivity contribution < 1.29 is 17.6 Å². The van der Waals surface area contributed by atoms with Crippen molar-refractivity contribution in [3.8, 4) is 0 Å². The van der Waals surface area contributed by atoms with Crippen molar-refractivity contribution >= 4 is 27.5 Å². The number of aromatic nitrogens is 1. The van der Waals surface area contributed by atoms with Gasteiger partial charge < -0.3 is 9.73 Å². The largest absolute Gasteiger partial charge is 0.467 e. The number of piperidine rings is 1. The second-order valence-corrected chi connectivity index (χ2v) is 9.60. The van der Waals surface area contributed by atoms with Crippen LogP contribution in [0.15, 0.2) is 76.4 Å². The molecule has 2 aromatic heterocycles. The molecule has 3 aromatic rings. The number of furan rings is 1. The molecule has 162 valence electrons. The molecule has 4 rings (SSSR count). The molecule has 1 amide bonds. The van der Waals surface area contributed by atoms with Crippen LogP contribution in [-0.2, 0) is 14.8 Å². The molecule has 1 unspecified atom stereocenters. The van der Waals surface area contributed by atoms with Crippen molar-refractivity contribution in [2.75, 3.05) is 13.1 Å². The van der Waals surface area contributed by atoms with Crippen LogP contribution in [0.5, 0.6) is 0 Å². The summed E-state index contributed by atoms with van der Waals surface area (Å²) in [4.78, 5) is 16.8. The molecule has 3 heterocycles. The highest BCUT2D eigenvalue weighted by Crippen LogP contribution is 2.28. The zero-order valence-electron chi connectivity index (χ0n) is 16.6. The minimum absolute atomic E-state index is 0.0125.